The van der Waals surface area contributed by atoms with Gasteiger partial charge in [-0.25, -0.2) is 0 Å². The van der Waals surface area contributed by atoms with Crippen LogP contribution < -0.4 is 0 Å². The smallest absolute Gasteiger partial charge is 0.302 e. The molecule has 0 spiro atoms. The van der Waals surface area contributed by atoms with E-state index < -0.39 is 18.0 Å². The van der Waals surface area contributed by atoms with E-state index in [1.165, 1.54) is 13.8 Å². The standard InChI is InChI=1S/C17H26.C7H12O5.C7H12.C2H6/c1-3-5-7-9-11-13-15-17-16-14-12-10-8-6-4-2;1-5(8)11-3-7(10)4-12-6(2)9;1-3-5-7-6-4-2;1-2/h3,5-6,8-9,11-12,14-15,17H,4,7,10,13,16H2,1-2H3;7,10H,3-4H2,1-2H3;3-6H,7H2,1-2H3;1-2H3/b5-3-,8-6-,11-9-,14-12-,17-15-;;5-3-,6-4-;. The average molecular weight is 533 g/mol. The van der Waals surface area contributed by atoms with E-state index in [0.29, 0.717) is 0 Å². The van der Waals surface area contributed by atoms with Crippen LogP contribution >= 0.6 is 0 Å². The van der Waals surface area contributed by atoms with Gasteiger partial charge in [0.25, 0.3) is 0 Å². The van der Waals surface area contributed by atoms with E-state index in [9.17, 15) is 9.59 Å². The molecule has 0 aliphatic carbocycles. The van der Waals surface area contributed by atoms with Crippen LogP contribution in [0.3, 0.4) is 0 Å². The molecule has 0 amide bonds. The summed E-state index contributed by atoms with van der Waals surface area (Å²) in [6.07, 6.45) is 35.8. The Morgan fingerprint density at radius 2 is 0.842 bits per heavy atom. The molecule has 0 atom stereocenters. The Bertz CT molecular complexity index is 666. The fourth-order valence-corrected chi connectivity index (χ4v) is 2.12. The fourth-order valence-electron chi connectivity index (χ4n) is 2.12. The van der Waals surface area contributed by atoms with Crippen LogP contribution in [0, 0.1) is 0 Å². The van der Waals surface area contributed by atoms with E-state index in [2.05, 4.69) is 108 Å². The van der Waals surface area contributed by atoms with Crippen LogP contribution in [0.4, 0.5) is 0 Å². The van der Waals surface area contributed by atoms with Crippen molar-refractivity contribution < 1.29 is 24.2 Å². The van der Waals surface area contributed by atoms with Crippen molar-refractivity contribution in [1.29, 1.82) is 0 Å². The summed E-state index contributed by atoms with van der Waals surface area (Å²) in [5.41, 5.74) is 0. The second-order valence-corrected chi connectivity index (χ2v) is 7.44. The maximum absolute atomic E-state index is 10.2. The summed E-state index contributed by atoms with van der Waals surface area (Å²) in [5, 5.41) is 8.99. The summed E-state index contributed by atoms with van der Waals surface area (Å²) in [5.74, 6) is -0.950. The quantitative estimate of drug-likeness (QED) is 0.168. The number of ether oxygens (including phenoxy) is 2. The highest BCUT2D eigenvalue weighted by Gasteiger charge is 2.07. The molecule has 218 valence electrons. The molecule has 0 aromatic rings. The molecule has 38 heavy (non-hydrogen) atoms. The third kappa shape index (κ3) is 54.1. The molecule has 0 radical (unpaired) electrons. The highest BCUT2D eigenvalue weighted by molar-refractivity contribution is 5.66. The lowest BCUT2D eigenvalue weighted by molar-refractivity contribution is -0.149. The van der Waals surface area contributed by atoms with Crippen LogP contribution in [0.1, 0.15) is 93.9 Å². The highest BCUT2D eigenvalue weighted by Crippen LogP contribution is 1.95. The molecule has 1 N–H and O–H groups in total. The first kappa shape index (κ1) is 42.2. The molecular weight excluding hydrogens is 476 g/mol. The average Bonchev–Trinajstić information content (AvgIpc) is 2.91. The van der Waals surface area contributed by atoms with Gasteiger partial charge >= 0.3 is 11.9 Å². The van der Waals surface area contributed by atoms with Crippen molar-refractivity contribution in [3.63, 3.8) is 0 Å². The lowest BCUT2D eigenvalue weighted by Gasteiger charge is -2.09. The third-order valence-corrected chi connectivity index (χ3v) is 3.93. The summed E-state index contributed by atoms with van der Waals surface area (Å²) >= 11 is 0. The van der Waals surface area contributed by atoms with Crippen molar-refractivity contribution in [2.75, 3.05) is 13.2 Å². The number of aliphatic hydroxyl groups is 1. The van der Waals surface area contributed by atoms with Crippen LogP contribution in [0.2, 0.25) is 0 Å². The van der Waals surface area contributed by atoms with E-state index in [1.807, 2.05) is 27.7 Å². The van der Waals surface area contributed by atoms with Crippen LogP contribution in [0.15, 0.2) is 85.1 Å². The maximum atomic E-state index is 10.2. The Morgan fingerprint density at radius 3 is 1.11 bits per heavy atom. The third-order valence-electron chi connectivity index (χ3n) is 3.93. The molecular formula is C33H56O5. The molecule has 5 nitrogen and oxygen atoms in total. The van der Waals surface area contributed by atoms with Crippen molar-refractivity contribution in [3.05, 3.63) is 85.1 Å². The van der Waals surface area contributed by atoms with E-state index >= 15 is 0 Å². The number of carbonyl (C=O) groups is 2. The van der Waals surface area contributed by atoms with Crippen LogP contribution in [-0.2, 0) is 19.1 Å². The monoisotopic (exact) mass is 532 g/mol. The summed E-state index contributed by atoms with van der Waals surface area (Å²) < 4.78 is 8.91. The molecule has 0 saturated carbocycles. The Hall–Kier alpha value is -2.92. The van der Waals surface area contributed by atoms with Crippen LogP contribution in [-0.4, -0.2) is 36.4 Å². The molecule has 0 saturated heterocycles. The second kappa shape index (κ2) is 41.2. The summed E-state index contributed by atoms with van der Waals surface area (Å²) in [7, 11) is 0. The number of hydrogen-bond acceptors (Lipinski definition) is 5. The van der Waals surface area contributed by atoms with Crippen LogP contribution in [0.5, 0.6) is 0 Å². The molecule has 0 rings (SSSR count). The zero-order chi connectivity index (χ0) is 29.7. The minimum atomic E-state index is -0.946. The van der Waals surface area contributed by atoms with Gasteiger partial charge in [-0.3, -0.25) is 9.59 Å². The number of allylic oxidation sites excluding steroid dienone is 14. The zero-order valence-electron chi connectivity index (χ0n) is 25.4. The first-order valence-electron chi connectivity index (χ1n) is 13.7. The number of esters is 2. The predicted molar refractivity (Wildman–Crippen MR) is 165 cm³/mol. The van der Waals surface area contributed by atoms with Gasteiger partial charge in [0.15, 0.2) is 0 Å². The first-order chi connectivity index (χ1) is 18.3. The minimum Gasteiger partial charge on any atom is -0.463 e. The Balaban J connectivity index is -0.000000239. The van der Waals surface area contributed by atoms with Gasteiger partial charge in [-0.2, -0.15) is 0 Å². The topological polar surface area (TPSA) is 72.8 Å². The Morgan fingerprint density at radius 1 is 0.579 bits per heavy atom. The molecule has 0 aliphatic rings. The van der Waals surface area contributed by atoms with Gasteiger partial charge in [-0.15, -0.1) is 0 Å². The number of aliphatic hydroxyl groups excluding tert-OH is 1. The van der Waals surface area contributed by atoms with Gasteiger partial charge in [0.2, 0.25) is 0 Å². The maximum Gasteiger partial charge on any atom is 0.302 e. The van der Waals surface area contributed by atoms with E-state index in [-0.39, 0.29) is 13.2 Å². The lowest BCUT2D eigenvalue weighted by Crippen LogP contribution is -2.24. The number of rotatable bonds is 15. The summed E-state index contributed by atoms with van der Waals surface area (Å²) in [6.45, 7) is 14.4. The van der Waals surface area contributed by atoms with E-state index in [1.54, 1.807) is 0 Å². The molecule has 0 aromatic heterocycles. The largest absolute Gasteiger partial charge is 0.463 e. The number of hydrogen-bond donors (Lipinski definition) is 1. The molecule has 0 bridgehead atoms. The second-order valence-electron chi connectivity index (χ2n) is 7.44. The molecule has 0 aliphatic heterocycles. The first-order valence-corrected chi connectivity index (χ1v) is 13.7. The van der Waals surface area contributed by atoms with Crippen molar-refractivity contribution in [3.8, 4) is 0 Å². The lowest BCUT2D eigenvalue weighted by atomic mass is 10.2. The van der Waals surface area contributed by atoms with Crippen molar-refractivity contribution in [2.45, 2.75) is 100 Å². The van der Waals surface area contributed by atoms with Crippen molar-refractivity contribution in [2.24, 2.45) is 0 Å². The van der Waals surface area contributed by atoms with Crippen molar-refractivity contribution >= 4 is 11.9 Å². The SMILES string of the molecule is C/C=C\C/C=C\C.C/C=C\C/C=C\C/C=C\C/C=C\C/C=C\CC.CC.CC(=O)OCC(O)COC(C)=O. The van der Waals surface area contributed by atoms with E-state index in [0.717, 1.165) is 38.5 Å². The van der Waals surface area contributed by atoms with Crippen LogP contribution in [0.25, 0.3) is 0 Å². The Kier molecular flexibility index (Phi) is 45.7. The summed E-state index contributed by atoms with van der Waals surface area (Å²) in [6, 6.07) is 0. The van der Waals surface area contributed by atoms with Gasteiger partial charge in [-0.05, 0) is 59.3 Å². The zero-order valence-corrected chi connectivity index (χ0v) is 25.4. The van der Waals surface area contributed by atoms with Gasteiger partial charge in [0.1, 0.15) is 19.3 Å². The van der Waals surface area contributed by atoms with Crippen molar-refractivity contribution in [1.82, 2.24) is 0 Å². The number of carbonyl (C=O) groups excluding carboxylic acids is 2. The minimum absolute atomic E-state index is 0.150. The highest BCUT2D eigenvalue weighted by atomic mass is 16.6. The van der Waals surface area contributed by atoms with Gasteiger partial charge in [-0.1, -0.05) is 106 Å². The Labute approximate surface area is 234 Å². The normalized spacial score (nSPS) is 11.3. The van der Waals surface area contributed by atoms with Gasteiger partial charge in [0, 0.05) is 13.8 Å². The summed E-state index contributed by atoms with van der Waals surface area (Å²) in [4.78, 5) is 20.5. The van der Waals surface area contributed by atoms with Gasteiger partial charge in [0.05, 0.1) is 0 Å². The molecule has 0 fully saturated rings. The molecule has 0 aromatic carbocycles. The fraction of sp³-hybridized carbons (Fsp3) is 0.515. The van der Waals surface area contributed by atoms with Gasteiger partial charge < -0.3 is 14.6 Å². The predicted octanol–water partition coefficient (Wildman–Crippen LogP) is 8.79. The van der Waals surface area contributed by atoms with E-state index in [4.69, 9.17) is 5.11 Å². The molecule has 0 heterocycles. The molecule has 5 heteroatoms. The molecule has 0 unspecified atom stereocenters.